The van der Waals surface area contributed by atoms with Crippen LogP contribution in [-0.2, 0) is 6.54 Å². The van der Waals surface area contributed by atoms with Gasteiger partial charge in [-0.1, -0.05) is 0 Å². The summed E-state index contributed by atoms with van der Waals surface area (Å²) < 4.78 is 0. The lowest BCUT2D eigenvalue weighted by molar-refractivity contribution is 0.856. The fourth-order valence-electron chi connectivity index (χ4n) is 1.77. The lowest BCUT2D eigenvalue weighted by Gasteiger charge is -2.17. The highest BCUT2D eigenvalue weighted by Gasteiger charge is 2.11. The van der Waals surface area contributed by atoms with Crippen molar-refractivity contribution < 1.29 is 0 Å². The largest absolute Gasteiger partial charge is 0.352 e. The summed E-state index contributed by atoms with van der Waals surface area (Å²) in [5, 5.41) is 0. The maximum absolute atomic E-state index is 4.27. The van der Waals surface area contributed by atoms with Gasteiger partial charge in [0.05, 0.1) is 24.8 Å². The van der Waals surface area contributed by atoms with Crippen molar-refractivity contribution in [3.63, 3.8) is 0 Å². The molecule has 0 unspecified atom stereocenters. The molecule has 0 fully saturated rings. The summed E-state index contributed by atoms with van der Waals surface area (Å²) in [6, 6.07) is 0. The van der Waals surface area contributed by atoms with E-state index in [9.17, 15) is 0 Å². The molecule has 3 rings (SSSR count). The number of anilines is 1. The minimum absolute atomic E-state index is 0.624. The molecule has 0 aromatic carbocycles. The van der Waals surface area contributed by atoms with Crippen LogP contribution in [0.25, 0.3) is 11.2 Å². The Morgan fingerprint density at radius 2 is 2.11 bits per heavy atom. The van der Waals surface area contributed by atoms with E-state index in [0.29, 0.717) is 12.2 Å². The van der Waals surface area contributed by atoms with E-state index in [1.807, 2.05) is 11.9 Å². The van der Waals surface area contributed by atoms with Crippen LogP contribution < -0.4 is 4.90 Å². The summed E-state index contributed by atoms with van der Waals surface area (Å²) >= 11 is 0. The van der Waals surface area contributed by atoms with Crippen molar-refractivity contribution in [1.82, 2.24) is 29.9 Å². The molecule has 0 bridgehead atoms. The van der Waals surface area contributed by atoms with Gasteiger partial charge in [0.2, 0.25) is 0 Å². The molecule has 90 valence electrons. The Morgan fingerprint density at radius 3 is 2.94 bits per heavy atom. The minimum Gasteiger partial charge on any atom is -0.352 e. The number of fused-ring (bicyclic) bond motifs is 1. The van der Waals surface area contributed by atoms with Gasteiger partial charge in [0.25, 0.3) is 0 Å². The van der Waals surface area contributed by atoms with Crippen LogP contribution in [0.15, 0.2) is 31.2 Å². The zero-order valence-corrected chi connectivity index (χ0v) is 9.78. The second-order valence-corrected chi connectivity index (χ2v) is 3.85. The monoisotopic (exact) mass is 241 g/mol. The van der Waals surface area contributed by atoms with Gasteiger partial charge in [-0.15, -0.1) is 0 Å². The Balaban J connectivity index is 1.92. The first-order chi connectivity index (χ1) is 8.84. The molecule has 7 heteroatoms. The highest BCUT2D eigenvalue weighted by Crippen LogP contribution is 2.19. The summed E-state index contributed by atoms with van der Waals surface area (Å²) in [5.41, 5.74) is 2.36. The minimum atomic E-state index is 0.624. The number of imidazole rings is 1. The van der Waals surface area contributed by atoms with E-state index in [1.54, 1.807) is 24.9 Å². The van der Waals surface area contributed by atoms with Gasteiger partial charge >= 0.3 is 0 Å². The molecule has 18 heavy (non-hydrogen) atoms. The smallest absolute Gasteiger partial charge is 0.182 e. The zero-order chi connectivity index (χ0) is 12.4. The fourth-order valence-corrected chi connectivity index (χ4v) is 1.77. The van der Waals surface area contributed by atoms with Crippen molar-refractivity contribution in [1.29, 1.82) is 0 Å². The summed E-state index contributed by atoms with van der Waals surface area (Å²) in [5.74, 6) is 0.795. The molecular weight excluding hydrogens is 230 g/mol. The van der Waals surface area contributed by atoms with E-state index in [-0.39, 0.29) is 0 Å². The maximum atomic E-state index is 4.27. The third-order valence-electron chi connectivity index (χ3n) is 2.58. The third-order valence-corrected chi connectivity index (χ3v) is 2.58. The van der Waals surface area contributed by atoms with E-state index in [1.165, 1.54) is 6.33 Å². The first-order valence-corrected chi connectivity index (χ1v) is 5.44. The number of nitrogens with zero attached hydrogens (tertiary/aromatic N) is 6. The molecule has 0 spiro atoms. The summed E-state index contributed by atoms with van der Waals surface area (Å²) in [6.45, 7) is 0.624. The van der Waals surface area contributed by atoms with E-state index in [0.717, 1.165) is 17.0 Å². The molecule has 1 N–H and O–H groups in total. The molecule has 3 aromatic heterocycles. The second kappa shape index (κ2) is 4.36. The van der Waals surface area contributed by atoms with Gasteiger partial charge in [-0.3, -0.25) is 9.97 Å². The van der Waals surface area contributed by atoms with Gasteiger partial charge in [-0.25, -0.2) is 15.0 Å². The molecule has 0 aliphatic heterocycles. The van der Waals surface area contributed by atoms with Crippen molar-refractivity contribution in [3.8, 4) is 0 Å². The molecule has 0 saturated carbocycles. The molecule has 0 aliphatic carbocycles. The first kappa shape index (κ1) is 10.6. The van der Waals surface area contributed by atoms with E-state index >= 15 is 0 Å². The summed E-state index contributed by atoms with van der Waals surface area (Å²) in [4.78, 5) is 25.8. The quantitative estimate of drug-likeness (QED) is 0.729. The average molecular weight is 241 g/mol. The molecule has 0 saturated heterocycles. The van der Waals surface area contributed by atoms with Crippen molar-refractivity contribution in [3.05, 3.63) is 36.9 Å². The van der Waals surface area contributed by atoms with Gasteiger partial charge in [-0.05, 0) is 0 Å². The number of nitrogens with one attached hydrogen (secondary N) is 1. The third kappa shape index (κ3) is 1.86. The summed E-state index contributed by atoms with van der Waals surface area (Å²) in [7, 11) is 1.94. The van der Waals surface area contributed by atoms with Crippen molar-refractivity contribution in [2.75, 3.05) is 11.9 Å². The number of hydrogen-bond acceptors (Lipinski definition) is 6. The Bertz CT molecular complexity index is 649. The molecule has 0 atom stereocenters. The Hall–Kier alpha value is -2.57. The lowest BCUT2D eigenvalue weighted by Crippen LogP contribution is -2.19. The van der Waals surface area contributed by atoms with Crippen molar-refractivity contribution >= 4 is 17.0 Å². The van der Waals surface area contributed by atoms with E-state index in [2.05, 4.69) is 29.9 Å². The normalized spacial score (nSPS) is 10.7. The maximum Gasteiger partial charge on any atom is 0.182 e. The van der Waals surface area contributed by atoms with Gasteiger partial charge < -0.3 is 9.88 Å². The second-order valence-electron chi connectivity index (χ2n) is 3.85. The van der Waals surface area contributed by atoms with E-state index < -0.39 is 0 Å². The average Bonchev–Trinajstić information content (AvgIpc) is 2.87. The molecular formula is C11H11N7. The van der Waals surface area contributed by atoms with E-state index in [4.69, 9.17) is 0 Å². The number of rotatable bonds is 3. The number of hydrogen-bond donors (Lipinski definition) is 1. The Kier molecular flexibility index (Phi) is 2.56. The van der Waals surface area contributed by atoms with Crippen molar-refractivity contribution in [2.24, 2.45) is 0 Å². The molecule has 7 nitrogen and oxygen atoms in total. The molecule has 0 amide bonds. The van der Waals surface area contributed by atoms with Crippen LogP contribution in [-0.4, -0.2) is 37.0 Å². The lowest BCUT2D eigenvalue weighted by atomic mass is 10.4. The Morgan fingerprint density at radius 1 is 1.17 bits per heavy atom. The predicted octanol–water partition coefficient (Wildman–Crippen LogP) is 0.779. The first-order valence-electron chi connectivity index (χ1n) is 5.44. The van der Waals surface area contributed by atoms with Gasteiger partial charge in [0, 0.05) is 19.4 Å². The van der Waals surface area contributed by atoms with Gasteiger partial charge in [-0.2, -0.15) is 0 Å². The molecule has 3 heterocycles. The summed E-state index contributed by atoms with van der Waals surface area (Å²) in [6.07, 6.45) is 8.18. The number of H-pyrrole nitrogens is 1. The molecule has 0 aliphatic rings. The van der Waals surface area contributed by atoms with Crippen LogP contribution in [0.4, 0.5) is 5.82 Å². The topological polar surface area (TPSA) is 83.5 Å². The SMILES string of the molecule is CN(Cc1cnccn1)c1ncnc2nc[nH]c12. The van der Waals surface area contributed by atoms with Crippen molar-refractivity contribution in [2.45, 2.75) is 6.54 Å². The van der Waals surface area contributed by atoms with Crippen LogP contribution in [0.3, 0.4) is 0 Å². The number of aromatic nitrogens is 6. The van der Waals surface area contributed by atoms with Crippen LogP contribution >= 0.6 is 0 Å². The Labute approximate surface area is 103 Å². The fraction of sp³-hybridized carbons (Fsp3) is 0.182. The molecule has 3 aromatic rings. The molecule has 0 radical (unpaired) electrons. The van der Waals surface area contributed by atoms with Crippen LogP contribution in [0.1, 0.15) is 5.69 Å². The number of aromatic amines is 1. The van der Waals surface area contributed by atoms with Crippen LogP contribution in [0, 0.1) is 0 Å². The predicted molar refractivity (Wildman–Crippen MR) is 65.8 cm³/mol. The zero-order valence-electron chi connectivity index (χ0n) is 9.78. The standard InChI is InChI=1S/C11H11N7/c1-18(5-8-4-12-2-3-13-8)11-9-10(15-6-14-9)16-7-17-11/h2-4,6-7H,5H2,1H3,(H,14,15,16,17). The van der Waals surface area contributed by atoms with Crippen LogP contribution in [0.5, 0.6) is 0 Å². The van der Waals surface area contributed by atoms with Crippen LogP contribution in [0.2, 0.25) is 0 Å². The van der Waals surface area contributed by atoms with Gasteiger partial charge in [0.15, 0.2) is 11.5 Å². The highest BCUT2D eigenvalue weighted by molar-refractivity contribution is 5.82. The van der Waals surface area contributed by atoms with Gasteiger partial charge in [0.1, 0.15) is 11.8 Å². The highest BCUT2D eigenvalue weighted by atomic mass is 15.2.